The smallest absolute Gasteiger partial charge is 0.378 e. The van der Waals surface area contributed by atoms with E-state index < -0.39 is 24.2 Å². The number of hydrogen-bond acceptors (Lipinski definition) is 3. The number of rotatable bonds is 5. The highest BCUT2D eigenvalue weighted by Gasteiger charge is 2.50. The van der Waals surface area contributed by atoms with Gasteiger partial charge in [-0.3, -0.25) is 10.1 Å². The Labute approximate surface area is 91.3 Å². The van der Waals surface area contributed by atoms with Crippen LogP contribution in [0.5, 0.6) is 0 Å². The third kappa shape index (κ3) is 3.08. The number of hydrogen-bond donors (Lipinski definition) is 2. The number of alkyl halides is 3. The standard InChI is InChI=1S/C9H15F3N2O2/c1-2-16-6-3-8(4-6,7(13)15)14-5-9(10,11)12/h6,14H,2-5H2,1H3,(H2,13,15). The summed E-state index contributed by atoms with van der Waals surface area (Å²) in [4.78, 5) is 11.1. The highest BCUT2D eigenvalue weighted by molar-refractivity contribution is 5.86. The maximum Gasteiger partial charge on any atom is 0.401 e. The van der Waals surface area contributed by atoms with Gasteiger partial charge in [-0.1, -0.05) is 0 Å². The molecule has 3 N–H and O–H groups in total. The lowest BCUT2D eigenvalue weighted by Gasteiger charge is -2.45. The number of amides is 1. The molecule has 1 fully saturated rings. The van der Waals surface area contributed by atoms with Crippen molar-refractivity contribution in [1.29, 1.82) is 0 Å². The molecule has 0 radical (unpaired) electrons. The lowest BCUT2D eigenvalue weighted by Crippen LogP contribution is -2.66. The molecule has 0 saturated heterocycles. The van der Waals surface area contributed by atoms with Gasteiger partial charge in [-0.2, -0.15) is 13.2 Å². The van der Waals surface area contributed by atoms with Crippen molar-refractivity contribution in [2.45, 2.75) is 37.6 Å². The number of carbonyl (C=O) groups excluding carboxylic acids is 1. The van der Waals surface area contributed by atoms with E-state index >= 15 is 0 Å². The summed E-state index contributed by atoms with van der Waals surface area (Å²) in [7, 11) is 0. The van der Waals surface area contributed by atoms with E-state index in [-0.39, 0.29) is 18.9 Å². The molecule has 0 aromatic heterocycles. The minimum Gasteiger partial charge on any atom is -0.378 e. The van der Waals surface area contributed by atoms with Gasteiger partial charge in [0.2, 0.25) is 5.91 Å². The van der Waals surface area contributed by atoms with Crippen molar-refractivity contribution in [3.05, 3.63) is 0 Å². The van der Waals surface area contributed by atoms with Gasteiger partial charge in [-0.05, 0) is 6.92 Å². The van der Waals surface area contributed by atoms with Crippen LogP contribution in [0, 0.1) is 0 Å². The fourth-order valence-corrected chi connectivity index (χ4v) is 1.77. The molecule has 0 aliphatic heterocycles. The number of ether oxygens (including phenoxy) is 1. The van der Waals surface area contributed by atoms with Gasteiger partial charge in [0.1, 0.15) is 5.54 Å². The SMILES string of the molecule is CCOC1CC(NCC(F)(F)F)(C(N)=O)C1. The van der Waals surface area contributed by atoms with Gasteiger partial charge in [0.05, 0.1) is 12.6 Å². The summed E-state index contributed by atoms with van der Waals surface area (Å²) in [6.45, 7) is 1.04. The van der Waals surface area contributed by atoms with E-state index in [4.69, 9.17) is 10.5 Å². The molecule has 4 nitrogen and oxygen atoms in total. The van der Waals surface area contributed by atoms with Crippen molar-refractivity contribution in [1.82, 2.24) is 5.32 Å². The summed E-state index contributed by atoms with van der Waals surface area (Å²) >= 11 is 0. The second-order valence-corrected chi connectivity index (χ2v) is 3.90. The van der Waals surface area contributed by atoms with Crippen molar-refractivity contribution >= 4 is 5.91 Å². The fraction of sp³-hybridized carbons (Fsp3) is 0.889. The first kappa shape index (κ1) is 13.2. The Morgan fingerprint density at radius 1 is 1.56 bits per heavy atom. The Morgan fingerprint density at radius 3 is 2.50 bits per heavy atom. The first-order chi connectivity index (χ1) is 7.29. The second-order valence-electron chi connectivity index (χ2n) is 3.90. The lowest BCUT2D eigenvalue weighted by molar-refractivity contribution is -0.150. The minimum atomic E-state index is -4.35. The largest absolute Gasteiger partial charge is 0.401 e. The van der Waals surface area contributed by atoms with Crippen molar-refractivity contribution in [2.75, 3.05) is 13.2 Å². The van der Waals surface area contributed by atoms with Crippen LogP contribution in [0.3, 0.4) is 0 Å². The Balaban J connectivity index is 2.48. The van der Waals surface area contributed by atoms with Gasteiger partial charge >= 0.3 is 6.18 Å². The second kappa shape index (κ2) is 4.58. The van der Waals surface area contributed by atoms with Gasteiger partial charge in [-0.25, -0.2) is 0 Å². The van der Waals surface area contributed by atoms with E-state index in [1.165, 1.54) is 0 Å². The summed E-state index contributed by atoms with van der Waals surface area (Å²) in [5, 5.41) is 2.18. The van der Waals surface area contributed by atoms with Crippen molar-refractivity contribution < 1.29 is 22.7 Å². The Bertz CT molecular complexity index is 262. The predicted molar refractivity (Wildman–Crippen MR) is 50.6 cm³/mol. The molecule has 7 heteroatoms. The van der Waals surface area contributed by atoms with E-state index in [0.29, 0.717) is 6.61 Å². The average Bonchev–Trinajstić information content (AvgIpc) is 2.06. The Kier molecular flexibility index (Phi) is 3.80. The van der Waals surface area contributed by atoms with Crippen LogP contribution in [0.4, 0.5) is 13.2 Å². The first-order valence-corrected chi connectivity index (χ1v) is 5.02. The number of nitrogens with two attached hydrogens (primary N) is 1. The highest BCUT2D eigenvalue weighted by Crippen LogP contribution is 2.35. The van der Waals surface area contributed by atoms with Gasteiger partial charge in [0.25, 0.3) is 0 Å². The average molecular weight is 240 g/mol. The van der Waals surface area contributed by atoms with Crippen LogP contribution in [-0.4, -0.2) is 36.9 Å². The minimum absolute atomic E-state index is 0.182. The molecule has 1 saturated carbocycles. The van der Waals surface area contributed by atoms with E-state index in [1.54, 1.807) is 6.92 Å². The molecule has 1 aliphatic rings. The number of nitrogens with one attached hydrogen (secondary N) is 1. The van der Waals surface area contributed by atoms with Crippen LogP contribution in [0.25, 0.3) is 0 Å². The summed E-state index contributed by atoms with van der Waals surface area (Å²) in [6.07, 6.45) is -4.13. The van der Waals surface area contributed by atoms with Gasteiger partial charge < -0.3 is 10.5 Å². The van der Waals surface area contributed by atoms with E-state index in [0.717, 1.165) is 0 Å². The number of carbonyl (C=O) groups is 1. The maximum atomic E-state index is 12.0. The Morgan fingerprint density at radius 2 is 2.12 bits per heavy atom. The van der Waals surface area contributed by atoms with Gasteiger partial charge in [0, 0.05) is 19.4 Å². The summed E-state index contributed by atoms with van der Waals surface area (Å²) in [5.41, 5.74) is 3.84. The molecule has 0 spiro atoms. The summed E-state index contributed by atoms with van der Waals surface area (Å²) < 4.78 is 41.2. The monoisotopic (exact) mass is 240 g/mol. The molecule has 1 aliphatic carbocycles. The molecule has 0 atom stereocenters. The molecule has 0 unspecified atom stereocenters. The van der Waals surface area contributed by atoms with Crippen LogP contribution < -0.4 is 11.1 Å². The van der Waals surface area contributed by atoms with Crippen LogP contribution in [-0.2, 0) is 9.53 Å². The van der Waals surface area contributed by atoms with E-state index in [9.17, 15) is 18.0 Å². The first-order valence-electron chi connectivity index (χ1n) is 5.02. The van der Waals surface area contributed by atoms with Crippen molar-refractivity contribution in [3.63, 3.8) is 0 Å². The van der Waals surface area contributed by atoms with Crippen LogP contribution in [0.2, 0.25) is 0 Å². The molecule has 1 amide bonds. The van der Waals surface area contributed by atoms with Crippen LogP contribution in [0.1, 0.15) is 19.8 Å². The topological polar surface area (TPSA) is 64.3 Å². The van der Waals surface area contributed by atoms with Crippen LogP contribution in [0.15, 0.2) is 0 Å². The molecule has 0 aromatic rings. The molecule has 16 heavy (non-hydrogen) atoms. The van der Waals surface area contributed by atoms with Gasteiger partial charge in [0.15, 0.2) is 0 Å². The number of primary amides is 1. The molecular formula is C9H15F3N2O2. The fourth-order valence-electron chi connectivity index (χ4n) is 1.77. The molecule has 1 rings (SSSR count). The number of halogens is 3. The Hall–Kier alpha value is -0.820. The zero-order valence-electron chi connectivity index (χ0n) is 8.93. The lowest BCUT2D eigenvalue weighted by atomic mass is 9.73. The van der Waals surface area contributed by atoms with Crippen LogP contribution >= 0.6 is 0 Å². The molecular weight excluding hydrogens is 225 g/mol. The molecule has 0 heterocycles. The zero-order valence-corrected chi connectivity index (χ0v) is 8.93. The summed E-state index contributed by atoms with van der Waals surface area (Å²) in [6, 6.07) is 0. The van der Waals surface area contributed by atoms with Crippen molar-refractivity contribution in [2.24, 2.45) is 5.73 Å². The molecule has 94 valence electrons. The molecule has 0 bridgehead atoms. The predicted octanol–water partition coefficient (Wildman–Crippen LogP) is 0.561. The van der Waals surface area contributed by atoms with Gasteiger partial charge in [-0.15, -0.1) is 0 Å². The third-order valence-electron chi connectivity index (χ3n) is 2.65. The third-order valence-corrected chi connectivity index (χ3v) is 2.65. The maximum absolute atomic E-state index is 12.0. The molecule has 0 aromatic carbocycles. The van der Waals surface area contributed by atoms with E-state index in [1.807, 2.05) is 0 Å². The zero-order chi connectivity index (χ0) is 12.4. The normalized spacial score (nSPS) is 29.9. The van der Waals surface area contributed by atoms with E-state index in [2.05, 4.69) is 5.32 Å². The summed E-state index contributed by atoms with van der Waals surface area (Å²) in [5.74, 6) is -0.757. The highest BCUT2D eigenvalue weighted by atomic mass is 19.4. The quantitative estimate of drug-likeness (QED) is 0.738. The van der Waals surface area contributed by atoms with Crippen molar-refractivity contribution in [3.8, 4) is 0 Å².